The van der Waals surface area contributed by atoms with Gasteiger partial charge in [-0.3, -0.25) is 4.98 Å². The van der Waals surface area contributed by atoms with E-state index in [1.807, 2.05) is 6.20 Å². The fraction of sp³-hybridized carbons (Fsp3) is 0.737. The monoisotopic (exact) mass is 288 g/mol. The Morgan fingerprint density at radius 3 is 2.29 bits per heavy atom. The molecule has 1 N–H and O–H groups in total. The molecule has 2 nitrogen and oxygen atoms in total. The molecule has 0 radical (unpaired) electrons. The number of rotatable bonds is 6. The maximum Gasteiger partial charge on any atom is 0.0419 e. The lowest BCUT2D eigenvalue weighted by atomic mass is 9.74. The molecule has 0 aromatic carbocycles. The minimum Gasteiger partial charge on any atom is -0.316 e. The van der Waals surface area contributed by atoms with Gasteiger partial charge in [0.1, 0.15) is 0 Å². The quantitative estimate of drug-likeness (QED) is 0.847. The van der Waals surface area contributed by atoms with Gasteiger partial charge in [0.15, 0.2) is 0 Å². The van der Waals surface area contributed by atoms with Crippen LogP contribution in [0, 0.1) is 17.8 Å². The van der Waals surface area contributed by atoms with E-state index in [0.717, 1.165) is 30.6 Å². The molecule has 2 heteroatoms. The highest BCUT2D eigenvalue weighted by atomic mass is 14.9. The number of pyridine rings is 1. The van der Waals surface area contributed by atoms with Gasteiger partial charge < -0.3 is 5.32 Å². The average Bonchev–Trinajstić information content (AvgIpc) is 2.53. The Balaban J connectivity index is 1.90. The topological polar surface area (TPSA) is 24.9 Å². The first-order valence-corrected chi connectivity index (χ1v) is 8.75. The van der Waals surface area contributed by atoms with Gasteiger partial charge in [-0.2, -0.15) is 0 Å². The van der Waals surface area contributed by atoms with Gasteiger partial charge in [-0.1, -0.05) is 26.8 Å². The van der Waals surface area contributed by atoms with Gasteiger partial charge in [0.2, 0.25) is 0 Å². The number of hydrogen-bond acceptors (Lipinski definition) is 2. The lowest BCUT2D eigenvalue weighted by Crippen LogP contribution is -2.38. The maximum absolute atomic E-state index is 4.64. The van der Waals surface area contributed by atoms with Crippen molar-refractivity contribution in [1.29, 1.82) is 0 Å². The van der Waals surface area contributed by atoms with E-state index in [0.29, 0.717) is 6.04 Å². The van der Waals surface area contributed by atoms with E-state index in [2.05, 4.69) is 50.3 Å². The van der Waals surface area contributed by atoms with Crippen molar-refractivity contribution < 1.29 is 0 Å². The number of nitrogens with one attached hydrogen (secondary N) is 1. The number of likely N-dealkylation sites (N-methyl/N-ethyl adjacent to an activating group) is 1. The maximum atomic E-state index is 4.64. The lowest BCUT2D eigenvalue weighted by Gasteiger charge is -2.35. The van der Waals surface area contributed by atoms with E-state index >= 15 is 0 Å². The van der Waals surface area contributed by atoms with Crippen molar-refractivity contribution in [3.8, 4) is 0 Å². The fourth-order valence-corrected chi connectivity index (χ4v) is 3.73. The van der Waals surface area contributed by atoms with Crippen LogP contribution in [-0.4, -0.2) is 18.1 Å². The van der Waals surface area contributed by atoms with Gasteiger partial charge in [0, 0.05) is 24.4 Å². The zero-order valence-electron chi connectivity index (χ0n) is 14.2. The molecule has 21 heavy (non-hydrogen) atoms. The summed E-state index contributed by atoms with van der Waals surface area (Å²) in [6.07, 6.45) is 9.74. The van der Waals surface area contributed by atoms with Crippen molar-refractivity contribution in [3.05, 3.63) is 29.6 Å². The molecular weight excluding hydrogens is 256 g/mol. The summed E-state index contributed by atoms with van der Waals surface area (Å²) >= 11 is 0. The third-order valence-electron chi connectivity index (χ3n) is 5.42. The summed E-state index contributed by atoms with van der Waals surface area (Å²) in [5.41, 5.74) is 2.56. The van der Waals surface area contributed by atoms with Crippen molar-refractivity contribution in [3.63, 3.8) is 0 Å². The van der Waals surface area contributed by atoms with Crippen LogP contribution >= 0.6 is 0 Å². The van der Waals surface area contributed by atoms with Gasteiger partial charge in [0.05, 0.1) is 0 Å². The van der Waals surface area contributed by atoms with Gasteiger partial charge in [-0.15, -0.1) is 0 Å². The molecule has 0 bridgehead atoms. The second kappa shape index (κ2) is 7.93. The van der Waals surface area contributed by atoms with E-state index in [4.69, 9.17) is 0 Å². The Hall–Kier alpha value is -0.890. The van der Waals surface area contributed by atoms with E-state index in [9.17, 15) is 0 Å². The van der Waals surface area contributed by atoms with Crippen LogP contribution in [0.5, 0.6) is 0 Å². The van der Waals surface area contributed by atoms with Crippen LogP contribution in [0.3, 0.4) is 0 Å². The zero-order valence-corrected chi connectivity index (χ0v) is 14.2. The zero-order chi connectivity index (χ0) is 15.2. The highest BCUT2D eigenvalue weighted by Gasteiger charge is 2.28. The molecule has 0 saturated heterocycles. The highest BCUT2D eigenvalue weighted by Crippen LogP contribution is 2.35. The van der Waals surface area contributed by atoms with Crippen molar-refractivity contribution in [2.75, 3.05) is 7.05 Å². The second-order valence-electron chi connectivity index (χ2n) is 7.03. The third-order valence-corrected chi connectivity index (χ3v) is 5.42. The Morgan fingerprint density at radius 1 is 1.14 bits per heavy atom. The Bertz CT molecular complexity index is 402. The molecule has 1 fully saturated rings. The molecular formula is C19H32N2. The summed E-state index contributed by atoms with van der Waals surface area (Å²) < 4.78 is 0. The van der Waals surface area contributed by atoms with Crippen LogP contribution < -0.4 is 5.32 Å². The third kappa shape index (κ3) is 4.54. The van der Waals surface area contributed by atoms with Gasteiger partial charge in [0.25, 0.3) is 0 Å². The minimum absolute atomic E-state index is 0.582. The van der Waals surface area contributed by atoms with Gasteiger partial charge in [-0.25, -0.2) is 0 Å². The molecule has 1 heterocycles. The van der Waals surface area contributed by atoms with Crippen molar-refractivity contribution in [2.45, 2.75) is 65.3 Å². The largest absolute Gasteiger partial charge is 0.316 e. The lowest BCUT2D eigenvalue weighted by molar-refractivity contribution is 0.191. The van der Waals surface area contributed by atoms with Crippen LogP contribution in [0.2, 0.25) is 0 Å². The Labute approximate surface area is 130 Å². The predicted molar refractivity (Wildman–Crippen MR) is 90.5 cm³/mol. The molecule has 2 rings (SSSR count). The molecule has 1 unspecified atom stereocenters. The predicted octanol–water partition coefficient (Wildman–Crippen LogP) is 4.24. The van der Waals surface area contributed by atoms with Crippen LogP contribution in [0.4, 0.5) is 0 Å². The molecule has 1 atom stereocenters. The van der Waals surface area contributed by atoms with Crippen molar-refractivity contribution in [2.24, 2.45) is 17.8 Å². The summed E-state index contributed by atoms with van der Waals surface area (Å²) in [7, 11) is 2.11. The van der Waals surface area contributed by atoms with E-state index in [-0.39, 0.29) is 0 Å². The highest BCUT2D eigenvalue weighted by molar-refractivity contribution is 5.15. The van der Waals surface area contributed by atoms with Gasteiger partial charge >= 0.3 is 0 Å². The summed E-state index contributed by atoms with van der Waals surface area (Å²) in [5, 5.41) is 3.55. The first-order chi connectivity index (χ1) is 10.1. The summed E-state index contributed by atoms with van der Waals surface area (Å²) in [6, 6.07) is 5.02. The van der Waals surface area contributed by atoms with Crippen LogP contribution in [0.25, 0.3) is 0 Å². The minimum atomic E-state index is 0.582. The molecule has 1 aromatic heterocycles. The first kappa shape index (κ1) is 16.5. The Morgan fingerprint density at radius 2 is 1.81 bits per heavy atom. The number of nitrogens with zero attached hydrogens (tertiary/aromatic N) is 1. The smallest absolute Gasteiger partial charge is 0.0419 e. The molecule has 0 aliphatic heterocycles. The number of aryl methyl sites for hydroxylation is 1. The molecule has 1 aliphatic carbocycles. The normalized spacial score (nSPS) is 24.2. The SMILES string of the molecule is CCc1ccc(CC(NC)C2CCC(C(C)C)CC2)nc1. The van der Waals surface area contributed by atoms with E-state index in [1.165, 1.54) is 36.9 Å². The fourth-order valence-electron chi connectivity index (χ4n) is 3.73. The first-order valence-electron chi connectivity index (χ1n) is 8.75. The molecule has 1 aromatic rings. The molecule has 118 valence electrons. The van der Waals surface area contributed by atoms with Crippen LogP contribution in [0.15, 0.2) is 18.3 Å². The van der Waals surface area contributed by atoms with E-state index < -0.39 is 0 Å². The van der Waals surface area contributed by atoms with Crippen LogP contribution in [0.1, 0.15) is 57.7 Å². The summed E-state index contributed by atoms with van der Waals surface area (Å²) in [4.78, 5) is 4.64. The van der Waals surface area contributed by atoms with Crippen molar-refractivity contribution >= 4 is 0 Å². The Kier molecular flexibility index (Phi) is 6.22. The number of hydrogen-bond donors (Lipinski definition) is 1. The van der Waals surface area contributed by atoms with Crippen LogP contribution in [-0.2, 0) is 12.8 Å². The molecule has 1 aliphatic rings. The molecule has 0 amide bonds. The summed E-state index contributed by atoms with van der Waals surface area (Å²) in [6.45, 7) is 6.93. The average molecular weight is 288 g/mol. The van der Waals surface area contributed by atoms with E-state index in [1.54, 1.807) is 0 Å². The van der Waals surface area contributed by atoms with Crippen molar-refractivity contribution in [1.82, 2.24) is 10.3 Å². The standard InChI is InChI=1S/C19H32N2/c1-5-15-6-11-18(21-13-15)12-19(20-4)17-9-7-16(8-10-17)14(2)3/h6,11,13-14,16-17,19-20H,5,7-10,12H2,1-4H3. The molecule has 0 spiro atoms. The number of aromatic nitrogens is 1. The summed E-state index contributed by atoms with van der Waals surface area (Å²) in [5.74, 6) is 2.61. The van der Waals surface area contributed by atoms with Gasteiger partial charge in [-0.05, 0) is 68.5 Å². The molecule has 1 saturated carbocycles. The second-order valence-corrected chi connectivity index (χ2v) is 7.03.